The maximum absolute atomic E-state index is 11.0. The van der Waals surface area contributed by atoms with Crippen LogP contribution >= 0.6 is 0 Å². The summed E-state index contributed by atoms with van der Waals surface area (Å²) in [6, 6.07) is 0. The first-order chi connectivity index (χ1) is 5.97. The van der Waals surface area contributed by atoms with Crippen LogP contribution in [-0.4, -0.2) is 25.3 Å². The first-order valence-corrected chi connectivity index (χ1v) is 4.70. The van der Waals surface area contributed by atoms with Crippen LogP contribution in [0.25, 0.3) is 0 Å². The summed E-state index contributed by atoms with van der Waals surface area (Å²) in [4.78, 5) is 11.0. The number of rotatable bonds is 5. The van der Waals surface area contributed by atoms with E-state index in [1.165, 1.54) is 7.11 Å². The van der Waals surface area contributed by atoms with Crippen LogP contribution in [0.2, 0.25) is 0 Å². The second kappa shape index (κ2) is 5.97. The van der Waals surface area contributed by atoms with Crippen molar-refractivity contribution in [1.82, 2.24) is 0 Å². The molecule has 0 aliphatic carbocycles. The quantitative estimate of drug-likeness (QED) is 0.619. The van der Waals surface area contributed by atoms with Crippen molar-refractivity contribution < 1.29 is 14.3 Å². The number of hydrogen-bond donors (Lipinski definition) is 0. The fraction of sp³-hybridized carbons (Fsp3) is 0.900. The normalized spacial score (nSPS) is 15.5. The van der Waals surface area contributed by atoms with Gasteiger partial charge in [0.05, 0.1) is 13.2 Å². The predicted molar refractivity (Wildman–Crippen MR) is 51.5 cm³/mol. The number of carbonyl (C=O) groups is 1. The summed E-state index contributed by atoms with van der Waals surface area (Å²) < 4.78 is 9.99. The molecule has 0 spiro atoms. The highest BCUT2D eigenvalue weighted by Gasteiger charge is 2.17. The van der Waals surface area contributed by atoms with Crippen LogP contribution in [0.3, 0.4) is 0 Å². The van der Waals surface area contributed by atoms with E-state index in [0.29, 0.717) is 5.92 Å². The van der Waals surface area contributed by atoms with Gasteiger partial charge in [-0.2, -0.15) is 0 Å². The molecule has 13 heavy (non-hydrogen) atoms. The van der Waals surface area contributed by atoms with Gasteiger partial charge in [-0.15, -0.1) is 0 Å². The molecule has 2 atom stereocenters. The minimum Gasteiger partial charge on any atom is -0.467 e. The van der Waals surface area contributed by atoms with Crippen molar-refractivity contribution in [3.8, 4) is 0 Å². The van der Waals surface area contributed by atoms with Crippen molar-refractivity contribution in [3.05, 3.63) is 0 Å². The maximum atomic E-state index is 11.0. The highest BCUT2D eigenvalue weighted by atomic mass is 16.6. The number of ether oxygens (including phenoxy) is 2. The molecule has 0 saturated heterocycles. The zero-order valence-corrected chi connectivity index (χ0v) is 9.16. The summed E-state index contributed by atoms with van der Waals surface area (Å²) in [6.45, 7) is 7.94. The largest absolute Gasteiger partial charge is 0.467 e. The third-order valence-corrected chi connectivity index (χ3v) is 1.77. The Morgan fingerprint density at radius 3 is 2.15 bits per heavy atom. The van der Waals surface area contributed by atoms with Crippen molar-refractivity contribution in [2.24, 2.45) is 5.92 Å². The van der Waals surface area contributed by atoms with E-state index in [0.717, 1.165) is 6.42 Å². The standard InChI is InChI=1S/C10H20O3/c1-7(2)6-8(3)13-9(4)10(11)12-5/h7-9H,6H2,1-5H3. The molecular weight excluding hydrogens is 168 g/mol. The van der Waals surface area contributed by atoms with Gasteiger partial charge in [0.2, 0.25) is 0 Å². The molecule has 0 aromatic heterocycles. The lowest BCUT2D eigenvalue weighted by molar-refractivity contribution is -0.156. The minimum atomic E-state index is -0.459. The molecule has 0 aliphatic heterocycles. The van der Waals surface area contributed by atoms with Crippen LogP contribution in [0.15, 0.2) is 0 Å². The lowest BCUT2D eigenvalue weighted by Gasteiger charge is -2.18. The molecule has 0 radical (unpaired) electrons. The Hall–Kier alpha value is -0.570. The Kier molecular flexibility index (Phi) is 5.71. The highest BCUT2D eigenvalue weighted by molar-refractivity contribution is 5.73. The second-order valence-corrected chi connectivity index (χ2v) is 3.74. The van der Waals surface area contributed by atoms with Gasteiger partial charge in [0.15, 0.2) is 6.10 Å². The molecule has 0 rings (SSSR count). The molecule has 78 valence electrons. The van der Waals surface area contributed by atoms with Crippen LogP contribution in [0.5, 0.6) is 0 Å². The average Bonchev–Trinajstić information content (AvgIpc) is 2.01. The van der Waals surface area contributed by atoms with Gasteiger partial charge < -0.3 is 9.47 Å². The van der Waals surface area contributed by atoms with Crippen molar-refractivity contribution in [2.45, 2.75) is 46.3 Å². The average molecular weight is 188 g/mol. The molecule has 0 heterocycles. The number of methoxy groups -OCH3 is 1. The predicted octanol–water partition coefficient (Wildman–Crippen LogP) is 2.00. The fourth-order valence-corrected chi connectivity index (χ4v) is 1.29. The molecular formula is C10H20O3. The van der Waals surface area contributed by atoms with Crippen molar-refractivity contribution in [1.29, 1.82) is 0 Å². The van der Waals surface area contributed by atoms with Gasteiger partial charge in [-0.3, -0.25) is 0 Å². The molecule has 2 unspecified atom stereocenters. The lowest BCUT2D eigenvalue weighted by Crippen LogP contribution is -2.27. The first-order valence-electron chi connectivity index (χ1n) is 4.70. The summed E-state index contributed by atoms with van der Waals surface area (Å²) in [7, 11) is 1.37. The molecule has 3 heteroatoms. The van der Waals surface area contributed by atoms with Gasteiger partial charge in [0.25, 0.3) is 0 Å². The number of hydrogen-bond acceptors (Lipinski definition) is 3. The molecule has 0 amide bonds. The monoisotopic (exact) mass is 188 g/mol. The minimum absolute atomic E-state index is 0.106. The SMILES string of the molecule is COC(=O)C(C)OC(C)CC(C)C. The summed E-state index contributed by atoms with van der Waals surface area (Å²) in [6.07, 6.45) is 0.606. The van der Waals surface area contributed by atoms with Gasteiger partial charge >= 0.3 is 5.97 Å². The summed E-state index contributed by atoms with van der Waals surface area (Å²) in [5, 5.41) is 0. The Labute approximate surface area is 80.4 Å². The first kappa shape index (κ1) is 12.4. The van der Waals surface area contributed by atoms with Crippen LogP contribution in [0.4, 0.5) is 0 Å². The van der Waals surface area contributed by atoms with Crippen molar-refractivity contribution >= 4 is 5.97 Å². The topological polar surface area (TPSA) is 35.5 Å². The van der Waals surface area contributed by atoms with E-state index in [4.69, 9.17) is 4.74 Å². The fourth-order valence-electron chi connectivity index (χ4n) is 1.29. The molecule has 0 aromatic carbocycles. The molecule has 0 bridgehead atoms. The lowest BCUT2D eigenvalue weighted by atomic mass is 10.1. The molecule has 0 N–H and O–H groups in total. The van der Waals surface area contributed by atoms with E-state index in [1.54, 1.807) is 6.92 Å². The Morgan fingerprint density at radius 2 is 1.77 bits per heavy atom. The van der Waals surface area contributed by atoms with Gasteiger partial charge in [0.1, 0.15) is 0 Å². The van der Waals surface area contributed by atoms with E-state index >= 15 is 0 Å². The van der Waals surface area contributed by atoms with E-state index in [9.17, 15) is 4.79 Å². The smallest absolute Gasteiger partial charge is 0.334 e. The summed E-state index contributed by atoms with van der Waals surface area (Å²) in [5.41, 5.74) is 0. The van der Waals surface area contributed by atoms with Crippen molar-refractivity contribution in [2.75, 3.05) is 7.11 Å². The second-order valence-electron chi connectivity index (χ2n) is 3.74. The van der Waals surface area contributed by atoms with Crippen LogP contribution in [0, 0.1) is 5.92 Å². The third-order valence-electron chi connectivity index (χ3n) is 1.77. The van der Waals surface area contributed by atoms with Crippen LogP contribution < -0.4 is 0 Å². The molecule has 0 saturated carbocycles. The van der Waals surface area contributed by atoms with Crippen LogP contribution in [0.1, 0.15) is 34.1 Å². The Balaban J connectivity index is 3.77. The van der Waals surface area contributed by atoms with Crippen molar-refractivity contribution in [3.63, 3.8) is 0 Å². The maximum Gasteiger partial charge on any atom is 0.334 e. The van der Waals surface area contributed by atoms with Crippen LogP contribution in [-0.2, 0) is 14.3 Å². The van der Waals surface area contributed by atoms with E-state index < -0.39 is 6.10 Å². The van der Waals surface area contributed by atoms with E-state index in [-0.39, 0.29) is 12.1 Å². The number of esters is 1. The Bertz CT molecular complexity index is 154. The molecule has 0 aliphatic rings. The van der Waals surface area contributed by atoms with Gasteiger partial charge in [-0.1, -0.05) is 13.8 Å². The molecule has 3 nitrogen and oxygen atoms in total. The van der Waals surface area contributed by atoms with Gasteiger partial charge in [-0.25, -0.2) is 4.79 Å². The number of carbonyl (C=O) groups excluding carboxylic acids is 1. The third kappa shape index (κ3) is 5.64. The summed E-state index contributed by atoms with van der Waals surface area (Å²) in [5.74, 6) is 0.274. The van der Waals surface area contributed by atoms with Gasteiger partial charge in [-0.05, 0) is 26.2 Å². The van der Waals surface area contributed by atoms with E-state index in [2.05, 4.69) is 18.6 Å². The highest BCUT2D eigenvalue weighted by Crippen LogP contribution is 2.10. The Morgan fingerprint density at radius 1 is 1.23 bits per heavy atom. The van der Waals surface area contributed by atoms with Gasteiger partial charge in [0, 0.05) is 0 Å². The van der Waals surface area contributed by atoms with E-state index in [1.807, 2.05) is 6.92 Å². The summed E-state index contributed by atoms with van der Waals surface area (Å²) >= 11 is 0. The zero-order valence-electron chi connectivity index (χ0n) is 9.16. The molecule has 0 aromatic rings. The molecule has 0 fully saturated rings. The zero-order chi connectivity index (χ0) is 10.4.